The standard InChI is InChI=1S/C11H9F3N4O5/c12-11(13,14)10(19)6-2-1-5-3-8(17(20)21)9(18(22)23)4-7(5)16-15-6/h3-4,6,15-16H,1-2H2. The summed E-state index contributed by atoms with van der Waals surface area (Å²) >= 11 is 0. The molecule has 2 rings (SSSR count). The molecule has 0 spiro atoms. The summed E-state index contributed by atoms with van der Waals surface area (Å²) in [6, 6.07) is 0.171. The number of aryl methyl sites for hydroxylation is 1. The zero-order valence-electron chi connectivity index (χ0n) is 11.2. The number of nitrogens with zero attached hydrogens (tertiary/aromatic N) is 2. The van der Waals surface area contributed by atoms with Crippen molar-refractivity contribution >= 4 is 22.8 Å². The topological polar surface area (TPSA) is 127 Å². The average Bonchev–Trinajstić information content (AvgIpc) is 2.65. The second-order valence-electron chi connectivity index (χ2n) is 4.73. The monoisotopic (exact) mass is 334 g/mol. The van der Waals surface area contributed by atoms with Crippen molar-refractivity contribution in [3.8, 4) is 0 Å². The lowest BCUT2D eigenvalue weighted by atomic mass is 10.0. The summed E-state index contributed by atoms with van der Waals surface area (Å²) in [7, 11) is 0. The predicted molar refractivity (Wildman–Crippen MR) is 69.7 cm³/mol. The van der Waals surface area contributed by atoms with Gasteiger partial charge < -0.3 is 5.43 Å². The SMILES string of the molecule is O=C(C1CCc2cc([N+](=O)[O-])c([N+](=O)[O-])cc2NN1)C(F)(F)F. The Labute approximate surface area is 125 Å². The van der Waals surface area contributed by atoms with Gasteiger partial charge in [0.2, 0.25) is 0 Å². The van der Waals surface area contributed by atoms with Crippen LogP contribution in [0.25, 0.3) is 0 Å². The first kappa shape index (κ1) is 16.6. The van der Waals surface area contributed by atoms with E-state index in [9.17, 15) is 38.2 Å². The highest BCUT2D eigenvalue weighted by Gasteiger charge is 2.44. The van der Waals surface area contributed by atoms with Gasteiger partial charge in [0.1, 0.15) is 0 Å². The average molecular weight is 334 g/mol. The smallest absolute Gasteiger partial charge is 0.320 e. The maximum Gasteiger partial charge on any atom is 0.451 e. The number of rotatable bonds is 3. The first-order valence-corrected chi connectivity index (χ1v) is 6.19. The minimum atomic E-state index is -5.03. The Hall–Kier alpha value is -2.76. The van der Waals surface area contributed by atoms with Crippen LogP contribution in [-0.4, -0.2) is 27.8 Å². The third-order valence-electron chi connectivity index (χ3n) is 3.27. The Balaban J connectivity index is 2.35. The number of nitro benzene ring substituents is 2. The van der Waals surface area contributed by atoms with Crippen molar-refractivity contribution in [3.05, 3.63) is 37.9 Å². The number of hydrogen-bond acceptors (Lipinski definition) is 7. The van der Waals surface area contributed by atoms with Crippen molar-refractivity contribution in [1.82, 2.24) is 5.43 Å². The Morgan fingerprint density at radius 3 is 2.26 bits per heavy atom. The molecule has 1 unspecified atom stereocenters. The van der Waals surface area contributed by atoms with Gasteiger partial charge in [-0.2, -0.15) is 13.2 Å². The quantitative estimate of drug-likeness (QED) is 0.638. The Morgan fingerprint density at radius 1 is 1.17 bits per heavy atom. The van der Waals surface area contributed by atoms with Gasteiger partial charge in [-0.1, -0.05) is 0 Å². The van der Waals surface area contributed by atoms with E-state index in [1.165, 1.54) is 0 Å². The fraction of sp³-hybridized carbons (Fsp3) is 0.364. The van der Waals surface area contributed by atoms with E-state index < -0.39 is 39.2 Å². The number of halogens is 3. The van der Waals surface area contributed by atoms with Gasteiger partial charge in [0, 0.05) is 12.1 Å². The van der Waals surface area contributed by atoms with Crippen LogP contribution in [0.2, 0.25) is 0 Å². The van der Waals surface area contributed by atoms with Crippen LogP contribution in [0.5, 0.6) is 0 Å². The number of benzene rings is 1. The van der Waals surface area contributed by atoms with Crippen molar-refractivity contribution in [2.45, 2.75) is 25.1 Å². The molecule has 0 saturated carbocycles. The minimum absolute atomic E-state index is 0.0137. The lowest BCUT2D eigenvalue weighted by Gasteiger charge is -2.16. The van der Waals surface area contributed by atoms with E-state index in [4.69, 9.17) is 0 Å². The van der Waals surface area contributed by atoms with Crippen LogP contribution in [0, 0.1) is 20.2 Å². The third-order valence-corrected chi connectivity index (χ3v) is 3.27. The summed E-state index contributed by atoms with van der Waals surface area (Å²) in [5, 5.41) is 21.7. The van der Waals surface area contributed by atoms with Crippen LogP contribution >= 0.6 is 0 Å². The molecule has 1 atom stereocenters. The number of nitro groups is 2. The van der Waals surface area contributed by atoms with Crippen LogP contribution in [0.3, 0.4) is 0 Å². The van der Waals surface area contributed by atoms with E-state index in [0.29, 0.717) is 0 Å². The molecule has 124 valence electrons. The molecular formula is C11H9F3N4O5. The van der Waals surface area contributed by atoms with Crippen molar-refractivity contribution in [2.75, 3.05) is 5.43 Å². The van der Waals surface area contributed by atoms with E-state index in [0.717, 1.165) is 12.1 Å². The fourth-order valence-electron chi connectivity index (χ4n) is 2.17. The molecule has 0 saturated heterocycles. The lowest BCUT2D eigenvalue weighted by molar-refractivity contribution is -0.422. The number of Topliss-reactive ketones (excluding diaryl/α,β-unsaturated/α-hetero) is 1. The number of carbonyl (C=O) groups is 1. The summed E-state index contributed by atoms with van der Waals surface area (Å²) in [5.74, 6) is -2.00. The Morgan fingerprint density at radius 2 is 1.74 bits per heavy atom. The van der Waals surface area contributed by atoms with Crippen LogP contribution in [0.4, 0.5) is 30.2 Å². The summed E-state index contributed by atoms with van der Waals surface area (Å²) in [6.07, 6.45) is -5.40. The Bertz CT molecular complexity index is 646. The molecule has 1 aromatic carbocycles. The van der Waals surface area contributed by atoms with Crippen molar-refractivity contribution < 1.29 is 27.8 Å². The number of anilines is 1. The second-order valence-corrected chi connectivity index (χ2v) is 4.73. The molecule has 2 N–H and O–H groups in total. The molecule has 0 radical (unpaired) electrons. The fourth-order valence-corrected chi connectivity index (χ4v) is 2.17. The Kier molecular flexibility index (Phi) is 4.18. The second kappa shape index (κ2) is 5.79. The molecule has 23 heavy (non-hydrogen) atoms. The zero-order chi connectivity index (χ0) is 17.4. The molecular weight excluding hydrogens is 325 g/mol. The highest BCUT2D eigenvalue weighted by Crippen LogP contribution is 2.35. The predicted octanol–water partition coefficient (Wildman–Crippen LogP) is 1.87. The maximum absolute atomic E-state index is 12.4. The van der Waals surface area contributed by atoms with E-state index >= 15 is 0 Å². The van der Waals surface area contributed by atoms with Crippen LogP contribution in [0.15, 0.2) is 12.1 Å². The molecule has 0 amide bonds. The summed E-state index contributed by atoms with van der Waals surface area (Å²) in [4.78, 5) is 31.0. The minimum Gasteiger partial charge on any atom is -0.320 e. The van der Waals surface area contributed by atoms with Gasteiger partial charge in [0.25, 0.3) is 5.78 Å². The molecule has 1 heterocycles. The van der Waals surface area contributed by atoms with E-state index in [1.807, 2.05) is 0 Å². The highest BCUT2D eigenvalue weighted by molar-refractivity contribution is 5.89. The first-order chi connectivity index (χ1) is 10.6. The molecule has 9 nitrogen and oxygen atoms in total. The van der Waals surface area contributed by atoms with Crippen LogP contribution in [-0.2, 0) is 11.2 Å². The van der Waals surface area contributed by atoms with Crippen molar-refractivity contribution in [2.24, 2.45) is 0 Å². The van der Waals surface area contributed by atoms with Gasteiger partial charge in [-0.05, 0) is 18.4 Å². The van der Waals surface area contributed by atoms with Gasteiger partial charge in [-0.3, -0.25) is 25.0 Å². The van der Waals surface area contributed by atoms with E-state index in [-0.39, 0.29) is 24.1 Å². The third kappa shape index (κ3) is 3.36. The van der Waals surface area contributed by atoms with E-state index in [1.54, 1.807) is 0 Å². The number of carbonyl (C=O) groups excluding carboxylic acids is 1. The maximum atomic E-state index is 12.4. The van der Waals surface area contributed by atoms with E-state index in [2.05, 4.69) is 10.9 Å². The molecule has 1 aromatic rings. The molecule has 0 fully saturated rings. The molecule has 1 aliphatic rings. The number of hydrazine groups is 1. The zero-order valence-corrected chi connectivity index (χ0v) is 11.2. The molecule has 0 aliphatic carbocycles. The lowest BCUT2D eigenvalue weighted by Crippen LogP contribution is -2.45. The number of fused-ring (bicyclic) bond motifs is 1. The van der Waals surface area contributed by atoms with Crippen LogP contribution < -0.4 is 10.9 Å². The highest BCUT2D eigenvalue weighted by atomic mass is 19.4. The normalized spacial score (nSPS) is 17.6. The molecule has 0 bridgehead atoms. The van der Waals surface area contributed by atoms with Gasteiger partial charge >= 0.3 is 17.6 Å². The summed E-state index contributed by atoms with van der Waals surface area (Å²) < 4.78 is 37.3. The van der Waals surface area contributed by atoms with Gasteiger partial charge in [0.15, 0.2) is 0 Å². The van der Waals surface area contributed by atoms with Gasteiger partial charge in [-0.25, -0.2) is 5.43 Å². The van der Waals surface area contributed by atoms with Gasteiger partial charge in [0.05, 0.1) is 21.6 Å². The molecule has 1 aliphatic heterocycles. The number of ketones is 1. The van der Waals surface area contributed by atoms with Crippen LogP contribution in [0.1, 0.15) is 12.0 Å². The van der Waals surface area contributed by atoms with Crippen molar-refractivity contribution in [3.63, 3.8) is 0 Å². The number of nitrogens with one attached hydrogen (secondary N) is 2. The summed E-state index contributed by atoms with van der Waals surface area (Å²) in [5.41, 5.74) is 3.08. The first-order valence-electron chi connectivity index (χ1n) is 6.19. The van der Waals surface area contributed by atoms with Gasteiger partial charge in [-0.15, -0.1) is 0 Å². The van der Waals surface area contributed by atoms with Crippen molar-refractivity contribution in [1.29, 1.82) is 0 Å². The number of alkyl halides is 3. The molecule has 0 aromatic heterocycles. The number of hydrogen-bond donors (Lipinski definition) is 2. The molecule has 12 heteroatoms. The summed E-state index contributed by atoms with van der Waals surface area (Å²) in [6.45, 7) is 0. The largest absolute Gasteiger partial charge is 0.451 e.